The summed E-state index contributed by atoms with van der Waals surface area (Å²) in [6.07, 6.45) is 0. The van der Waals surface area contributed by atoms with Crippen LogP contribution < -0.4 is 0 Å². The second-order valence-electron chi connectivity index (χ2n) is 5.49. The van der Waals surface area contributed by atoms with E-state index in [2.05, 4.69) is 38.2 Å². The molecule has 0 unspecified atom stereocenters. The number of hydrogen-bond acceptors (Lipinski definition) is 5. The molecule has 0 bridgehead atoms. The molecule has 0 saturated heterocycles. The van der Waals surface area contributed by atoms with Crippen molar-refractivity contribution in [3.63, 3.8) is 0 Å². The van der Waals surface area contributed by atoms with E-state index in [4.69, 9.17) is 4.98 Å². The minimum Gasteiger partial charge on any atom is -0.280 e. The third-order valence-electron chi connectivity index (χ3n) is 3.91. The molecule has 3 aromatic heterocycles. The van der Waals surface area contributed by atoms with Gasteiger partial charge >= 0.3 is 0 Å². The largest absolute Gasteiger partial charge is 0.280 e. The van der Waals surface area contributed by atoms with Crippen molar-refractivity contribution in [1.29, 1.82) is 0 Å². The molecule has 0 amide bonds. The van der Waals surface area contributed by atoms with Gasteiger partial charge in [0, 0.05) is 0 Å². The van der Waals surface area contributed by atoms with Gasteiger partial charge in [0.2, 0.25) is 0 Å². The molecule has 0 N–H and O–H groups in total. The molecule has 5 aromatic rings. The standard InChI is InChI=1S/C19H12N4S2/c1-2-7-13(8-3-1)21-22-18-17(16-11-6-12-24-16)23-15-10-5-4-9-14(15)20-19(23)25-18/h1-12H. The summed E-state index contributed by atoms with van der Waals surface area (Å²) in [7, 11) is 0. The summed E-state index contributed by atoms with van der Waals surface area (Å²) in [4.78, 5) is 6.85. The van der Waals surface area contributed by atoms with Gasteiger partial charge in [0.1, 0.15) is 5.69 Å². The van der Waals surface area contributed by atoms with Gasteiger partial charge < -0.3 is 0 Å². The van der Waals surface area contributed by atoms with Crippen LogP contribution in [0, 0.1) is 0 Å². The van der Waals surface area contributed by atoms with Crippen LogP contribution in [0.15, 0.2) is 82.3 Å². The zero-order chi connectivity index (χ0) is 16.6. The number of azo groups is 1. The Morgan fingerprint density at radius 2 is 1.68 bits per heavy atom. The molecule has 25 heavy (non-hydrogen) atoms. The summed E-state index contributed by atoms with van der Waals surface area (Å²) in [5, 5.41) is 11.9. The molecule has 6 heteroatoms. The minimum atomic E-state index is 0.843. The highest BCUT2D eigenvalue weighted by atomic mass is 32.1. The highest BCUT2D eigenvalue weighted by Crippen LogP contribution is 2.42. The summed E-state index contributed by atoms with van der Waals surface area (Å²) in [5.41, 5.74) is 4.00. The van der Waals surface area contributed by atoms with Gasteiger partial charge in [0.15, 0.2) is 9.96 Å². The van der Waals surface area contributed by atoms with Crippen LogP contribution in [-0.2, 0) is 0 Å². The van der Waals surface area contributed by atoms with E-state index >= 15 is 0 Å². The van der Waals surface area contributed by atoms with E-state index in [1.807, 2.05) is 48.5 Å². The van der Waals surface area contributed by atoms with E-state index in [-0.39, 0.29) is 0 Å². The molecule has 0 aliphatic carbocycles. The summed E-state index contributed by atoms with van der Waals surface area (Å²) in [5.74, 6) is 0. The highest BCUT2D eigenvalue weighted by Gasteiger charge is 2.18. The number of rotatable bonds is 3. The number of aromatic nitrogens is 2. The first-order valence-corrected chi connectivity index (χ1v) is 9.50. The number of thiophene rings is 1. The number of para-hydroxylation sites is 2. The lowest BCUT2D eigenvalue weighted by atomic mass is 10.3. The maximum atomic E-state index is 4.75. The van der Waals surface area contributed by atoms with Gasteiger partial charge in [-0.1, -0.05) is 47.7 Å². The summed E-state index contributed by atoms with van der Waals surface area (Å²) >= 11 is 3.26. The van der Waals surface area contributed by atoms with Gasteiger partial charge in [0.25, 0.3) is 0 Å². The molecule has 3 heterocycles. The predicted octanol–water partition coefficient (Wildman–Crippen LogP) is 6.69. The highest BCUT2D eigenvalue weighted by molar-refractivity contribution is 7.22. The fourth-order valence-electron chi connectivity index (χ4n) is 2.81. The molecular formula is C19H12N4S2. The number of fused-ring (bicyclic) bond motifs is 3. The Bertz CT molecular complexity index is 1180. The first-order valence-electron chi connectivity index (χ1n) is 7.81. The van der Waals surface area contributed by atoms with Gasteiger partial charge in [0.05, 0.1) is 21.6 Å². The average molecular weight is 360 g/mol. The molecule has 0 aliphatic rings. The van der Waals surface area contributed by atoms with Crippen LogP contribution in [0.3, 0.4) is 0 Å². The van der Waals surface area contributed by atoms with E-state index in [0.29, 0.717) is 0 Å². The van der Waals surface area contributed by atoms with E-state index in [1.165, 1.54) is 0 Å². The molecule has 2 aromatic carbocycles. The maximum absolute atomic E-state index is 4.75. The van der Waals surface area contributed by atoms with Crippen LogP contribution in [0.25, 0.3) is 26.6 Å². The van der Waals surface area contributed by atoms with Crippen molar-refractivity contribution in [3.8, 4) is 10.6 Å². The molecule has 0 spiro atoms. The monoisotopic (exact) mass is 360 g/mol. The number of hydrogen-bond donors (Lipinski definition) is 0. The van der Waals surface area contributed by atoms with Crippen LogP contribution in [0.2, 0.25) is 0 Å². The maximum Gasteiger partial charge on any atom is 0.197 e. The minimum absolute atomic E-state index is 0.843. The summed E-state index contributed by atoms with van der Waals surface area (Å²) in [6, 6.07) is 22.1. The molecule has 0 aliphatic heterocycles. The van der Waals surface area contributed by atoms with E-state index in [1.54, 1.807) is 22.7 Å². The van der Waals surface area contributed by atoms with Gasteiger partial charge in [-0.05, 0) is 35.7 Å². The molecule has 4 nitrogen and oxygen atoms in total. The lowest BCUT2D eigenvalue weighted by Crippen LogP contribution is -1.83. The van der Waals surface area contributed by atoms with Crippen LogP contribution in [0.4, 0.5) is 10.7 Å². The zero-order valence-electron chi connectivity index (χ0n) is 13.0. The van der Waals surface area contributed by atoms with Crippen LogP contribution in [-0.4, -0.2) is 9.38 Å². The lowest BCUT2D eigenvalue weighted by molar-refractivity contribution is 1.22. The van der Waals surface area contributed by atoms with Crippen molar-refractivity contribution in [2.75, 3.05) is 0 Å². The Labute approximate surface area is 151 Å². The Balaban J connectivity index is 1.76. The van der Waals surface area contributed by atoms with Crippen LogP contribution in [0.5, 0.6) is 0 Å². The first-order chi connectivity index (χ1) is 12.4. The Kier molecular flexibility index (Phi) is 3.43. The third kappa shape index (κ3) is 2.47. The third-order valence-corrected chi connectivity index (χ3v) is 5.71. The predicted molar refractivity (Wildman–Crippen MR) is 105 cm³/mol. The second-order valence-corrected chi connectivity index (χ2v) is 7.39. The van der Waals surface area contributed by atoms with Crippen molar-refractivity contribution in [2.24, 2.45) is 10.2 Å². The summed E-state index contributed by atoms with van der Waals surface area (Å²) < 4.78 is 2.19. The zero-order valence-corrected chi connectivity index (χ0v) is 14.7. The van der Waals surface area contributed by atoms with Gasteiger partial charge in [-0.2, -0.15) is 0 Å². The quantitative estimate of drug-likeness (QED) is 0.330. The van der Waals surface area contributed by atoms with E-state index < -0.39 is 0 Å². The van der Waals surface area contributed by atoms with Crippen molar-refractivity contribution in [2.45, 2.75) is 0 Å². The van der Waals surface area contributed by atoms with Gasteiger partial charge in [-0.25, -0.2) is 4.98 Å². The normalized spacial score (nSPS) is 11.8. The fraction of sp³-hybridized carbons (Fsp3) is 0. The van der Waals surface area contributed by atoms with Crippen LogP contribution in [0.1, 0.15) is 0 Å². The van der Waals surface area contributed by atoms with E-state index in [9.17, 15) is 0 Å². The van der Waals surface area contributed by atoms with Crippen LogP contribution >= 0.6 is 22.7 Å². The van der Waals surface area contributed by atoms with Gasteiger partial charge in [-0.15, -0.1) is 21.6 Å². The fourth-order valence-corrected chi connectivity index (χ4v) is 4.62. The smallest absolute Gasteiger partial charge is 0.197 e. The number of nitrogens with zero attached hydrogens (tertiary/aromatic N) is 4. The molecule has 0 atom stereocenters. The number of thiazole rings is 1. The van der Waals surface area contributed by atoms with Crippen molar-refractivity contribution >= 4 is 49.4 Å². The number of benzene rings is 2. The molecule has 0 saturated carbocycles. The molecule has 0 fully saturated rings. The van der Waals surface area contributed by atoms with Crippen molar-refractivity contribution in [1.82, 2.24) is 9.38 Å². The molecule has 120 valence electrons. The molecular weight excluding hydrogens is 348 g/mol. The molecule has 5 rings (SSSR count). The van der Waals surface area contributed by atoms with Crippen molar-refractivity contribution in [3.05, 3.63) is 72.1 Å². The summed E-state index contributed by atoms with van der Waals surface area (Å²) in [6.45, 7) is 0. The number of imidazole rings is 1. The topological polar surface area (TPSA) is 42.0 Å². The Morgan fingerprint density at radius 3 is 2.52 bits per heavy atom. The van der Waals surface area contributed by atoms with E-state index in [0.717, 1.165) is 37.3 Å². The first kappa shape index (κ1) is 14.5. The Morgan fingerprint density at radius 1 is 0.840 bits per heavy atom. The lowest BCUT2D eigenvalue weighted by Gasteiger charge is -1.99. The SMILES string of the molecule is c1ccc(N=Nc2sc3nc4ccccc4n3c2-c2cccs2)cc1. The second kappa shape index (κ2) is 5.91. The molecule has 0 radical (unpaired) electrons. The average Bonchev–Trinajstić information content (AvgIpc) is 3.36. The van der Waals surface area contributed by atoms with Gasteiger partial charge in [-0.3, -0.25) is 4.40 Å². The Hall–Kier alpha value is -2.83. The van der Waals surface area contributed by atoms with Crippen molar-refractivity contribution < 1.29 is 0 Å².